The molecule has 140 valence electrons. The first-order valence-corrected chi connectivity index (χ1v) is 9.71. The van der Waals surface area contributed by atoms with Crippen molar-refractivity contribution < 1.29 is 14.2 Å². The van der Waals surface area contributed by atoms with Crippen LogP contribution in [0.1, 0.15) is 11.8 Å². The lowest BCUT2D eigenvalue weighted by atomic mass is 10.1. The number of thioether (sulfide) groups is 1. The number of aromatic nitrogens is 3. The van der Waals surface area contributed by atoms with Gasteiger partial charge in [-0.05, 0) is 24.3 Å². The van der Waals surface area contributed by atoms with Crippen LogP contribution in [0.25, 0.3) is 11.3 Å². The minimum absolute atomic E-state index is 0.227. The maximum absolute atomic E-state index is 6.25. The van der Waals surface area contributed by atoms with E-state index in [9.17, 15) is 0 Å². The van der Waals surface area contributed by atoms with Gasteiger partial charge in [0.05, 0.1) is 0 Å². The Morgan fingerprint density at radius 3 is 2.96 bits per heavy atom. The average Bonchev–Trinajstić information content (AvgIpc) is 3.13. The van der Waals surface area contributed by atoms with Gasteiger partial charge in [-0.25, -0.2) is 0 Å². The number of hydrogen-bond acceptors (Lipinski definition) is 8. The molecule has 7 nitrogen and oxygen atoms in total. The van der Waals surface area contributed by atoms with Gasteiger partial charge in [-0.3, -0.25) is 0 Å². The number of anilines is 1. The summed E-state index contributed by atoms with van der Waals surface area (Å²) in [6, 6.07) is 13.6. The Hall–Kier alpha value is -3.26. The second kappa shape index (κ2) is 7.05. The van der Waals surface area contributed by atoms with E-state index in [0.29, 0.717) is 28.2 Å². The lowest BCUT2D eigenvalue weighted by molar-refractivity contribution is 0.173. The lowest BCUT2D eigenvalue weighted by Gasteiger charge is -2.19. The van der Waals surface area contributed by atoms with Crippen LogP contribution in [0.5, 0.6) is 17.4 Å². The van der Waals surface area contributed by atoms with Crippen LogP contribution < -0.4 is 19.5 Å². The number of nitrogens with one attached hydrogen (secondary N) is 1. The molecule has 0 bridgehead atoms. The molecule has 1 aromatic heterocycles. The Morgan fingerprint density at radius 2 is 2.04 bits per heavy atom. The molecule has 0 saturated carbocycles. The molecule has 0 spiro atoms. The smallest absolute Gasteiger partial charge is 0.247 e. The van der Waals surface area contributed by atoms with Gasteiger partial charge in [0.25, 0.3) is 0 Å². The van der Waals surface area contributed by atoms with Crippen molar-refractivity contribution in [1.29, 1.82) is 0 Å². The third-order valence-electron chi connectivity index (χ3n) is 4.36. The lowest BCUT2D eigenvalue weighted by Crippen LogP contribution is -2.17. The van der Waals surface area contributed by atoms with Crippen LogP contribution in [0.2, 0.25) is 0 Å². The molecule has 2 aromatic carbocycles. The first-order chi connectivity index (χ1) is 13.8. The van der Waals surface area contributed by atoms with E-state index >= 15 is 0 Å². The molecule has 2 aliphatic rings. The zero-order valence-corrected chi connectivity index (χ0v) is 15.6. The predicted octanol–water partition coefficient (Wildman–Crippen LogP) is 4.05. The standard InChI is InChI=1S/C20H16N4O3S/c1-2-9-28-20-22-19-17(23-24-20)13-5-3-4-6-14(13)21-18(27-19)12-7-8-15-16(10-12)26-11-25-15/h2-8,10,18,21H,1,9,11H2. The van der Waals surface area contributed by atoms with Crippen LogP contribution in [-0.2, 0) is 0 Å². The van der Waals surface area contributed by atoms with E-state index in [1.807, 2.05) is 42.5 Å². The molecular formula is C20H16N4O3S. The molecule has 8 heteroatoms. The number of para-hydroxylation sites is 1. The quantitative estimate of drug-likeness (QED) is 0.526. The van der Waals surface area contributed by atoms with Crippen LogP contribution in [0.4, 0.5) is 5.69 Å². The molecule has 0 radical (unpaired) electrons. The van der Waals surface area contributed by atoms with Crippen LogP contribution in [0.15, 0.2) is 60.3 Å². The molecule has 0 fully saturated rings. The summed E-state index contributed by atoms with van der Waals surface area (Å²) in [7, 11) is 0. The molecule has 2 aliphatic heterocycles. The van der Waals surface area contributed by atoms with Gasteiger partial charge in [0, 0.05) is 22.6 Å². The normalized spacial score (nSPS) is 16.2. The van der Waals surface area contributed by atoms with Crippen molar-refractivity contribution in [2.45, 2.75) is 11.4 Å². The Balaban J connectivity index is 1.58. The monoisotopic (exact) mass is 392 g/mol. The Labute approximate surface area is 165 Å². The summed E-state index contributed by atoms with van der Waals surface area (Å²) < 4.78 is 17.2. The Bertz CT molecular complexity index is 1060. The number of benzene rings is 2. The number of hydrogen-bond donors (Lipinski definition) is 1. The van der Waals surface area contributed by atoms with Crippen molar-refractivity contribution in [2.75, 3.05) is 17.9 Å². The van der Waals surface area contributed by atoms with E-state index < -0.39 is 6.23 Å². The van der Waals surface area contributed by atoms with Gasteiger partial charge in [0.2, 0.25) is 17.8 Å². The molecule has 5 rings (SSSR count). The highest BCUT2D eigenvalue weighted by molar-refractivity contribution is 7.99. The highest BCUT2D eigenvalue weighted by Crippen LogP contribution is 2.41. The molecule has 28 heavy (non-hydrogen) atoms. The number of nitrogens with zero attached hydrogens (tertiary/aromatic N) is 3. The third-order valence-corrected chi connectivity index (χ3v) is 5.20. The topological polar surface area (TPSA) is 78.4 Å². The maximum Gasteiger partial charge on any atom is 0.247 e. The van der Waals surface area contributed by atoms with Gasteiger partial charge >= 0.3 is 0 Å². The minimum Gasteiger partial charge on any atom is -0.454 e. The second-order valence-corrected chi connectivity index (χ2v) is 7.14. The van der Waals surface area contributed by atoms with Gasteiger partial charge in [-0.1, -0.05) is 36.0 Å². The predicted molar refractivity (Wildman–Crippen MR) is 106 cm³/mol. The Kier molecular flexibility index (Phi) is 4.25. The van der Waals surface area contributed by atoms with Crippen LogP contribution in [0, 0.1) is 0 Å². The van der Waals surface area contributed by atoms with Gasteiger partial charge in [-0.15, -0.1) is 16.8 Å². The van der Waals surface area contributed by atoms with E-state index in [-0.39, 0.29) is 6.79 Å². The van der Waals surface area contributed by atoms with Crippen molar-refractivity contribution in [2.24, 2.45) is 0 Å². The van der Waals surface area contributed by atoms with E-state index in [0.717, 1.165) is 22.6 Å². The van der Waals surface area contributed by atoms with Crippen LogP contribution in [0.3, 0.4) is 0 Å². The summed E-state index contributed by atoms with van der Waals surface area (Å²) >= 11 is 1.45. The first-order valence-electron chi connectivity index (χ1n) is 8.72. The van der Waals surface area contributed by atoms with E-state index in [2.05, 4.69) is 27.1 Å². The molecular weight excluding hydrogens is 376 g/mol. The summed E-state index contributed by atoms with van der Waals surface area (Å²) in [5, 5.41) is 12.6. The summed E-state index contributed by atoms with van der Waals surface area (Å²) in [6.07, 6.45) is 1.33. The van der Waals surface area contributed by atoms with E-state index in [1.54, 1.807) is 6.08 Å². The molecule has 3 aromatic rings. The van der Waals surface area contributed by atoms with E-state index in [1.165, 1.54) is 11.8 Å². The summed E-state index contributed by atoms with van der Waals surface area (Å²) in [5.41, 5.74) is 3.28. The summed E-state index contributed by atoms with van der Waals surface area (Å²) in [5.74, 6) is 2.55. The molecule has 1 unspecified atom stereocenters. The minimum atomic E-state index is -0.467. The molecule has 0 saturated heterocycles. The highest BCUT2D eigenvalue weighted by atomic mass is 32.2. The zero-order valence-electron chi connectivity index (χ0n) is 14.8. The van der Waals surface area contributed by atoms with Gasteiger partial charge in [0.1, 0.15) is 0 Å². The zero-order chi connectivity index (χ0) is 18.9. The highest BCUT2D eigenvalue weighted by Gasteiger charge is 2.27. The third kappa shape index (κ3) is 3.01. The van der Waals surface area contributed by atoms with Crippen LogP contribution >= 0.6 is 11.8 Å². The van der Waals surface area contributed by atoms with Crippen LogP contribution in [-0.4, -0.2) is 27.7 Å². The second-order valence-electron chi connectivity index (χ2n) is 6.15. The molecule has 3 heterocycles. The maximum atomic E-state index is 6.25. The van der Waals surface area contributed by atoms with Gasteiger partial charge < -0.3 is 19.5 Å². The number of rotatable bonds is 4. The SMILES string of the molecule is C=CCSc1nnc2c(n1)OC(c1ccc3c(c1)OCO3)Nc1ccccc1-2. The Morgan fingerprint density at radius 1 is 1.14 bits per heavy atom. The molecule has 0 aliphatic carbocycles. The van der Waals surface area contributed by atoms with Gasteiger partial charge in [0.15, 0.2) is 23.4 Å². The van der Waals surface area contributed by atoms with Crippen molar-refractivity contribution in [3.8, 4) is 28.6 Å². The fraction of sp³-hybridized carbons (Fsp3) is 0.150. The number of fused-ring (bicyclic) bond motifs is 4. The first kappa shape index (κ1) is 16.9. The molecule has 1 atom stereocenters. The fourth-order valence-corrected chi connectivity index (χ4v) is 3.58. The van der Waals surface area contributed by atoms with Crippen molar-refractivity contribution >= 4 is 17.4 Å². The van der Waals surface area contributed by atoms with E-state index in [4.69, 9.17) is 14.2 Å². The number of ether oxygens (including phenoxy) is 3. The largest absolute Gasteiger partial charge is 0.454 e. The summed E-state index contributed by atoms with van der Waals surface area (Å²) in [4.78, 5) is 4.58. The molecule has 0 amide bonds. The van der Waals surface area contributed by atoms with Crippen molar-refractivity contribution in [3.63, 3.8) is 0 Å². The van der Waals surface area contributed by atoms with Crippen molar-refractivity contribution in [3.05, 3.63) is 60.7 Å². The molecule has 1 N–H and O–H groups in total. The summed E-state index contributed by atoms with van der Waals surface area (Å²) in [6.45, 7) is 3.95. The van der Waals surface area contributed by atoms with Crippen molar-refractivity contribution in [1.82, 2.24) is 15.2 Å². The fourth-order valence-electron chi connectivity index (χ4n) is 3.07. The average molecular weight is 392 g/mol. The van der Waals surface area contributed by atoms with Gasteiger partial charge in [-0.2, -0.15) is 4.98 Å².